The van der Waals surface area contributed by atoms with Gasteiger partial charge in [0, 0.05) is 12.4 Å². The van der Waals surface area contributed by atoms with Gasteiger partial charge in [0.05, 0.1) is 0 Å². The third kappa shape index (κ3) is 1.59. The van der Waals surface area contributed by atoms with Crippen molar-refractivity contribution in [1.82, 2.24) is 4.98 Å². The molecule has 0 amide bonds. The molecule has 0 atom stereocenters. The van der Waals surface area contributed by atoms with Gasteiger partial charge in [-0.25, -0.2) is 0 Å². The predicted octanol–water partition coefficient (Wildman–Crippen LogP) is 3.06. The number of benzene rings is 1. The maximum absolute atomic E-state index is 4.07. The topological polar surface area (TPSA) is 12.9 Å². The number of pyridine rings is 1. The van der Waals surface area contributed by atoms with Gasteiger partial charge in [-0.05, 0) is 29.7 Å². The zero-order valence-electron chi connectivity index (χ0n) is 7.57. The minimum atomic E-state index is 1.22. The molecule has 2 rings (SSSR count). The van der Waals surface area contributed by atoms with Crippen molar-refractivity contribution >= 4 is 0 Å². The number of aromatic nitrogens is 1. The first-order valence-corrected chi connectivity index (χ1v) is 4.34. The molecule has 0 fully saturated rings. The Hall–Kier alpha value is -1.63. The lowest BCUT2D eigenvalue weighted by Gasteiger charge is -2.03. The molecule has 0 radical (unpaired) electrons. The van der Waals surface area contributed by atoms with Crippen LogP contribution in [0.15, 0.2) is 48.8 Å². The molecule has 1 heterocycles. The minimum Gasteiger partial charge on any atom is -0.264 e. The van der Waals surface area contributed by atoms with E-state index in [1.165, 1.54) is 16.7 Å². The summed E-state index contributed by atoms with van der Waals surface area (Å²) in [7, 11) is 0. The zero-order chi connectivity index (χ0) is 9.10. The Balaban J connectivity index is 2.54. The summed E-state index contributed by atoms with van der Waals surface area (Å²) in [6.07, 6.45) is 3.72. The number of aryl methyl sites for hydroxylation is 1. The van der Waals surface area contributed by atoms with Crippen molar-refractivity contribution in [2.45, 2.75) is 6.92 Å². The standard InChI is InChI=1S/C12H11N/c1-10-9-13-8-7-12(10)11-5-3-2-4-6-11/h2-9H,1H3. The van der Waals surface area contributed by atoms with E-state index >= 15 is 0 Å². The second-order valence-corrected chi connectivity index (χ2v) is 3.06. The van der Waals surface area contributed by atoms with Gasteiger partial charge in [0.1, 0.15) is 0 Å². The number of rotatable bonds is 1. The highest BCUT2D eigenvalue weighted by Crippen LogP contribution is 2.21. The lowest BCUT2D eigenvalue weighted by atomic mass is 10.0. The second-order valence-electron chi connectivity index (χ2n) is 3.06. The van der Waals surface area contributed by atoms with Crippen LogP contribution < -0.4 is 0 Å². The molecule has 1 aromatic carbocycles. The van der Waals surface area contributed by atoms with Crippen molar-refractivity contribution in [3.63, 3.8) is 0 Å². The fraction of sp³-hybridized carbons (Fsp3) is 0.0833. The summed E-state index contributed by atoms with van der Waals surface area (Å²) in [6, 6.07) is 12.4. The molecule has 0 unspecified atom stereocenters. The van der Waals surface area contributed by atoms with Crippen LogP contribution in [0.2, 0.25) is 0 Å². The molecule has 0 spiro atoms. The van der Waals surface area contributed by atoms with Crippen LogP contribution in [0, 0.1) is 6.92 Å². The molecule has 0 aliphatic rings. The maximum atomic E-state index is 4.07. The van der Waals surface area contributed by atoms with Gasteiger partial charge < -0.3 is 0 Å². The molecule has 0 N–H and O–H groups in total. The first kappa shape index (κ1) is 7.99. The van der Waals surface area contributed by atoms with Crippen LogP contribution in [0.25, 0.3) is 11.1 Å². The van der Waals surface area contributed by atoms with Crippen molar-refractivity contribution in [2.75, 3.05) is 0 Å². The minimum absolute atomic E-state index is 1.22. The SMILES string of the molecule is Cc1cnccc1-c1ccccc1. The van der Waals surface area contributed by atoms with Gasteiger partial charge in [-0.2, -0.15) is 0 Å². The highest BCUT2D eigenvalue weighted by molar-refractivity contribution is 5.65. The van der Waals surface area contributed by atoms with Crippen molar-refractivity contribution < 1.29 is 0 Å². The Kier molecular flexibility index (Phi) is 2.09. The van der Waals surface area contributed by atoms with E-state index in [0.29, 0.717) is 0 Å². The van der Waals surface area contributed by atoms with Crippen LogP contribution in [0.1, 0.15) is 5.56 Å². The van der Waals surface area contributed by atoms with Crippen LogP contribution in [0.5, 0.6) is 0 Å². The Bertz CT molecular complexity index is 393. The molecule has 64 valence electrons. The van der Waals surface area contributed by atoms with E-state index in [4.69, 9.17) is 0 Å². The third-order valence-electron chi connectivity index (χ3n) is 2.11. The van der Waals surface area contributed by atoms with Gasteiger partial charge in [0.25, 0.3) is 0 Å². The van der Waals surface area contributed by atoms with Crippen molar-refractivity contribution in [3.05, 3.63) is 54.4 Å². The summed E-state index contributed by atoms with van der Waals surface area (Å²) >= 11 is 0. The first-order chi connectivity index (χ1) is 6.38. The number of hydrogen-bond acceptors (Lipinski definition) is 1. The van der Waals surface area contributed by atoms with Gasteiger partial charge in [-0.15, -0.1) is 0 Å². The molecular weight excluding hydrogens is 158 g/mol. The summed E-state index contributed by atoms with van der Waals surface area (Å²) in [4.78, 5) is 4.07. The average molecular weight is 169 g/mol. The number of hydrogen-bond donors (Lipinski definition) is 0. The second kappa shape index (κ2) is 3.40. The normalized spacial score (nSPS) is 9.92. The van der Waals surface area contributed by atoms with E-state index in [2.05, 4.69) is 36.2 Å². The summed E-state index contributed by atoms with van der Waals surface area (Å²) < 4.78 is 0. The van der Waals surface area contributed by atoms with Gasteiger partial charge in [0.2, 0.25) is 0 Å². The predicted molar refractivity (Wildman–Crippen MR) is 54.4 cm³/mol. The van der Waals surface area contributed by atoms with Gasteiger partial charge in [-0.3, -0.25) is 4.98 Å². The largest absolute Gasteiger partial charge is 0.264 e. The molecule has 0 saturated heterocycles. The molecule has 0 bridgehead atoms. The van der Waals surface area contributed by atoms with Crippen molar-refractivity contribution in [2.24, 2.45) is 0 Å². The molecule has 0 saturated carbocycles. The molecule has 13 heavy (non-hydrogen) atoms. The van der Waals surface area contributed by atoms with E-state index in [1.54, 1.807) is 0 Å². The van der Waals surface area contributed by atoms with E-state index in [-0.39, 0.29) is 0 Å². The van der Waals surface area contributed by atoms with E-state index in [1.807, 2.05) is 24.5 Å². The van der Waals surface area contributed by atoms with E-state index in [9.17, 15) is 0 Å². The average Bonchev–Trinajstić information content (AvgIpc) is 2.20. The molecule has 1 nitrogen and oxygen atoms in total. The first-order valence-electron chi connectivity index (χ1n) is 4.34. The Morgan fingerprint density at radius 3 is 2.46 bits per heavy atom. The maximum Gasteiger partial charge on any atom is 0.0303 e. The Morgan fingerprint density at radius 2 is 1.77 bits per heavy atom. The van der Waals surface area contributed by atoms with E-state index < -0.39 is 0 Å². The molecule has 1 aromatic heterocycles. The van der Waals surface area contributed by atoms with Crippen LogP contribution in [-0.2, 0) is 0 Å². The molecule has 2 aromatic rings. The molecule has 1 heteroatoms. The molecular formula is C12H11N. The van der Waals surface area contributed by atoms with Gasteiger partial charge in [-0.1, -0.05) is 30.3 Å². The summed E-state index contributed by atoms with van der Waals surface area (Å²) in [5, 5.41) is 0. The van der Waals surface area contributed by atoms with Crippen LogP contribution in [0.3, 0.4) is 0 Å². The Morgan fingerprint density at radius 1 is 1.00 bits per heavy atom. The van der Waals surface area contributed by atoms with Crippen molar-refractivity contribution in [3.8, 4) is 11.1 Å². The van der Waals surface area contributed by atoms with Crippen LogP contribution in [-0.4, -0.2) is 4.98 Å². The number of nitrogens with zero attached hydrogens (tertiary/aromatic N) is 1. The van der Waals surface area contributed by atoms with Gasteiger partial charge >= 0.3 is 0 Å². The highest BCUT2D eigenvalue weighted by Gasteiger charge is 1.98. The fourth-order valence-electron chi connectivity index (χ4n) is 1.42. The van der Waals surface area contributed by atoms with Crippen molar-refractivity contribution in [1.29, 1.82) is 0 Å². The highest BCUT2D eigenvalue weighted by atomic mass is 14.6. The lowest BCUT2D eigenvalue weighted by molar-refractivity contribution is 1.27. The summed E-state index contributed by atoms with van der Waals surface area (Å²) in [5.41, 5.74) is 3.73. The monoisotopic (exact) mass is 169 g/mol. The summed E-state index contributed by atoms with van der Waals surface area (Å²) in [5.74, 6) is 0. The van der Waals surface area contributed by atoms with E-state index in [0.717, 1.165) is 0 Å². The third-order valence-corrected chi connectivity index (χ3v) is 2.11. The lowest BCUT2D eigenvalue weighted by Crippen LogP contribution is -1.83. The molecule has 0 aliphatic heterocycles. The van der Waals surface area contributed by atoms with Crippen LogP contribution >= 0.6 is 0 Å². The smallest absolute Gasteiger partial charge is 0.0303 e. The zero-order valence-corrected chi connectivity index (χ0v) is 7.57. The van der Waals surface area contributed by atoms with Crippen LogP contribution in [0.4, 0.5) is 0 Å². The molecule has 0 aliphatic carbocycles. The summed E-state index contributed by atoms with van der Waals surface area (Å²) in [6.45, 7) is 2.08. The van der Waals surface area contributed by atoms with Gasteiger partial charge in [0.15, 0.2) is 0 Å². The quantitative estimate of drug-likeness (QED) is 0.639. The Labute approximate surface area is 78.1 Å². The fourth-order valence-corrected chi connectivity index (χ4v) is 1.42.